The van der Waals surface area contributed by atoms with E-state index >= 15 is 0 Å². The predicted octanol–water partition coefficient (Wildman–Crippen LogP) is -5.90. The summed E-state index contributed by atoms with van der Waals surface area (Å²) in [7, 11) is 0. The molecule has 0 spiro atoms. The van der Waals surface area contributed by atoms with Gasteiger partial charge in [0.2, 0.25) is 0 Å². The van der Waals surface area contributed by atoms with E-state index in [4.69, 9.17) is 11.8 Å². The molecule has 0 saturated carbocycles. The maximum absolute atomic E-state index is 6.25. The van der Waals surface area contributed by atoms with Gasteiger partial charge >= 0.3 is 80.9 Å². The minimum absolute atomic E-state index is 0. The van der Waals surface area contributed by atoms with Gasteiger partial charge in [-0.2, -0.15) is 0 Å². The van der Waals surface area contributed by atoms with Gasteiger partial charge in [-0.15, -0.1) is 0 Å². The Balaban J connectivity index is -0.00000000500. The van der Waals surface area contributed by atoms with E-state index in [1.807, 2.05) is 0 Å². The maximum atomic E-state index is 6.25. The van der Waals surface area contributed by atoms with Crippen LogP contribution >= 0.6 is 0 Å². The number of rotatable bonds is 0. The zero-order valence-electron chi connectivity index (χ0n) is 2.95. The molecule has 4 heavy (non-hydrogen) atoms. The van der Waals surface area contributed by atoms with Gasteiger partial charge in [-0.1, -0.05) is 0 Å². The predicted molar refractivity (Wildman–Crippen MR) is 4.97 cm³/mol. The fourth-order valence-electron chi connectivity index (χ4n) is 0. The van der Waals surface area contributed by atoms with Crippen molar-refractivity contribution in [2.24, 2.45) is 0 Å². The van der Waals surface area contributed by atoms with E-state index in [2.05, 4.69) is 0 Å². The molecular formula is CKNNa+. The summed E-state index contributed by atoms with van der Waals surface area (Å²) in [6, 6.07) is 0. The Morgan fingerprint density at radius 3 is 1.25 bits per heavy atom. The second kappa shape index (κ2) is 19.3. The monoisotopic (exact) mass is 88.0 g/mol. The van der Waals surface area contributed by atoms with Gasteiger partial charge in [-0.25, -0.2) is 0 Å². The molecule has 0 radical (unpaired) electrons. The number of nitrogens with zero attached hydrogens (tertiary/aromatic N) is 1. The molecule has 0 aromatic heterocycles. The summed E-state index contributed by atoms with van der Waals surface area (Å²) >= 11 is 0. The molecule has 0 amide bonds. The Labute approximate surface area is 90.5 Å². The number of hydrogen-bond donors (Lipinski definition) is 0. The summed E-state index contributed by atoms with van der Waals surface area (Å²) in [5.74, 6) is 0. The first kappa shape index (κ1) is 16.5. The van der Waals surface area contributed by atoms with Crippen LogP contribution in [0.15, 0.2) is 0 Å². The van der Waals surface area contributed by atoms with E-state index in [1.165, 1.54) is 0 Å². The van der Waals surface area contributed by atoms with Crippen molar-refractivity contribution in [3.05, 3.63) is 6.57 Å². The average Bonchev–Trinajstić information content (AvgIpc) is 1.00. The molecule has 0 N–H and O–H groups in total. The summed E-state index contributed by atoms with van der Waals surface area (Å²) in [4.78, 5) is 0. The molecule has 0 aromatic rings. The summed E-state index contributed by atoms with van der Waals surface area (Å²) in [6.07, 6.45) is 0. The first-order valence-corrected chi connectivity index (χ1v) is 0.224. The molecule has 0 saturated heterocycles. The Morgan fingerprint density at radius 1 is 1.25 bits per heavy atom. The van der Waals surface area contributed by atoms with Crippen LogP contribution < -0.4 is 80.9 Å². The van der Waals surface area contributed by atoms with Crippen LogP contribution in [0.4, 0.5) is 0 Å². The summed E-state index contributed by atoms with van der Waals surface area (Å²) in [5, 5.41) is 6.25. The zero-order chi connectivity index (χ0) is 2.00. The molecule has 0 unspecified atom stereocenters. The van der Waals surface area contributed by atoms with Crippen LogP contribution in [0.5, 0.6) is 0 Å². The molecule has 0 aliphatic carbocycles. The van der Waals surface area contributed by atoms with Crippen molar-refractivity contribution in [3.63, 3.8) is 0 Å². The normalized spacial score (nSPS) is 0.500. The SMILES string of the molecule is [C-]#N.[K+].[Na+]. The van der Waals surface area contributed by atoms with Gasteiger partial charge in [-0.05, 0) is 0 Å². The van der Waals surface area contributed by atoms with Crippen LogP contribution in [0.1, 0.15) is 0 Å². The van der Waals surface area contributed by atoms with Crippen molar-refractivity contribution in [2.45, 2.75) is 0 Å². The fourth-order valence-corrected chi connectivity index (χ4v) is 0. The number of hydrogen-bond acceptors (Lipinski definition) is 1. The quantitative estimate of drug-likeness (QED) is 0.214. The van der Waals surface area contributed by atoms with E-state index in [9.17, 15) is 0 Å². The van der Waals surface area contributed by atoms with Gasteiger partial charge < -0.3 is 11.8 Å². The van der Waals surface area contributed by atoms with Crippen molar-refractivity contribution in [1.29, 1.82) is 5.26 Å². The first-order chi connectivity index (χ1) is 1.00. The van der Waals surface area contributed by atoms with E-state index < -0.39 is 0 Å². The third-order valence-electron chi connectivity index (χ3n) is 0. The third kappa shape index (κ3) is 8.92. The van der Waals surface area contributed by atoms with Crippen molar-refractivity contribution in [2.75, 3.05) is 0 Å². The van der Waals surface area contributed by atoms with Gasteiger partial charge in [0, 0.05) is 0 Å². The van der Waals surface area contributed by atoms with Crippen LogP contribution in [0.3, 0.4) is 0 Å². The molecule has 0 fully saturated rings. The molecule has 0 atom stereocenters. The van der Waals surface area contributed by atoms with Crippen molar-refractivity contribution in [3.8, 4) is 0 Å². The van der Waals surface area contributed by atoms with E-state index in [-0.39, 0.29) is 80.9 Å². The molecule has 0 rings (SSSR count). The maximum Gasteiger partial charge on any atom is 1.00 e. The van der Waals surface area contributed by atoms with Crippen LogP contribution in [-0.2, 0) is 0 Å². The van der Waals surface area contributed by atoms with Gasteiger partial charge in [0.15, 0.2) is 0 Å². The summed E-state index contributed by atoms with van der Waals surface area (Å²) < 4.78 is 0. The van der Waals surface area contributed by atoms with Gasteiger partial charge in [0.1, 0.15) is 0 Å². The largest absolute Gasteiger partial charge is 1.00 e. The van der Waals surface area contributed by atoms with Crippen LogP contribution in [0, 0.1) is 11.8 Å². The van der Waals surface area contributed by atoms with Crippen molar-refractivity contribution < 1.29 is 80.9 Å². The Kier molecular flexibility index (Phi) is 79.5. The molecule has 0 bridgehead atoms. The first-order valence-electron chi connectivity index (χ1n) is 0.224. The van der Waals surface area contributed by atoms with E-state index in [0.29, 0.717) is 0 Å². The van der Waals surface area contributed by atoms with E-state index in [1.54, 1.807) is 0 Å². The Hall–Kier alpha value is 2.13. The fraction of sp³-hybridized carbons (Fsp3) is 0. The summed E-state index contributed by atoms with van der Waals surface area (Å²) in [5.41, 5.74) is 0. The van der Waals surface area contributed by atoms with Gasteiger partial charge in [0.25, 0.3) is 0 Å². The average molecular weight is 88.1 g/mol. The molecule has 0 aromatic carbocycles. The van der Waals surface area contributed by atoms with Crippen LogP contribution in [0.2, 0.25) is 0 Å². The molecule has 10 valence electrons. The van der Waals surface area contributed by atoms with Gasteiger partial charge in [0.05, 0.1) is 0 Å². The van der Waals surface area contributed by atoms with Crippen molar-refractivity contribution >= 4 is 0 Å². The van der Waals surface area contributed by atoms with Crippen molar-refractivity contribution in [1.82, 2.24) is 0 Å². The molecule has 0 heterocycles. The van der Waals surface area contributed by atoms with Crippen LogP contribution in [-0.4, -0.2) is 0 Å². The zero-order valence-corrected chi connectivity index (χ0v) is 8.07. The second-order valence-corrected chi connectivity index (χ2v) is 0. The third-order valence-corrected chi connectivity index (χ3v) is 0. The second-order valence-electron chi connectivity index (χ2n) is 0. The molecule has 0 aliphatic rings. The molecule has 1 nitrogen and oxygen atoms in total. The molecular weight excluding hydrogens is 88.1 g/mol. The molecule has 3 heteroatoms. The minimum Gasteiger partial charge on any atom is -0.512 e. The minimum atomic E-state index is 0. The summed E-state index contributed by atoms with van der Waals surface area (Å²) in [6.45, 7) is 4.75. The Bertz CT molecular complexity index is 12.8. The Morgan fingerprint density at radius 2 is 1.25 bits per heavy atom. The van der Waals surface area contributed by atoms with Gasteiger partial charge in [-0.3, -0.25) is 0 Å². The smallest absolute Gasteiger partial charge is 0.512 e. The molecule has 0 aliphatic heterocycles. The standard InChI is InChI=1S/CN.K.Na/c1-2;;/q-1;2*+1. The van der Waals surface area contributed by atoms with Crippen LogP contribution in [0.25, 0.3) is 0 Å². The van der Waals surface area contributed by atoms with E-state index in [0.717, 1.165) is 0 Å². The topological polar surface area (TPSA) is 23.8 Å².